The topological polar surface area (TPSA) is 29.5 Å². The third-order valence-electron chi connectivity index (χ3n) is 3.82. The fourth-order valence-corrected chi connectivity index (χ4v) is 2.92. The molecule has 3 heteroatoms. The lowest BCUT2D eigenvalue weighted by Gasteiger charge is -2.34. The standard InChI is InChI=1S/C16H23NO2/c1-12-7-8-15(19-3)14(11-12)16(13(2)18)17-9-5-4-6-10-17/h7-8,11,16H,4-6,9-10H2,1-3H3. The summed E-state index contributed by atoms with van der Waals surface area (Å²) in [7, 11) is 1.67. The van der Waals surface area contributed by atoms with Gasteiger partial charge in [-0.15, -0.1) is 0 Å². The Morgan fingerprint density at radius 1 is 1.26 bits per heavy atom. The maximum Gasteiger partial charge on any atom is 0.151 e. The molecule has 104 valence electrons. The number of hydrogen-bond acceptors (Lipinski definition) is 3. The van der Waals surface area contributed by atoms with Crippen LogP contribution < -0.4 is 4.74 Å². The van der Waals surface area contributed by atoms with Gasteiger partial charge in [-0.25, -0.2) is 0 Å². The van der Waals surface area contributed by atoms with Gasteiger partial charge in [0.1, 0.15) is 5.75 Å². The van der Waals surface area contributed by atoms with Crippen molar-refractivity contribution in [1.29, 1.82) is 0 Å². The minimum absolute atomic E-state index is 0.157. The highest BCUT2D eigenvalue weighted by Gasteiger charge is 2.28. The van der Waals surface area contributed by atoms with Crippen molar-refractivity contribution in [2.24, 2.45) is 0 Å². The molecule has 1 saturated heterocycles. The van der Waals surface area contributed by atoms with Crippen LogP contribution in [-0.4, -0.2) is 30.9 Å². The zero-order valence-corrected chi connectivity index (χ0v) is 12.1. The second-order valence-electron chi connectivity index (χ2n) is 5.36. The summed E-state index contributed by atoms with van der Waals surface area (Å²) in [5, 5.41) is 0. The van der Waals surface area contributed by atoms with Gasteiger partial charge in [-0.05, 0) is 45.8 Å². The molecule has 0 bridgehead atoms. The number of methoxy groups -OCH3 is 1. The molecule has 0 N–H and O–H groups in total. The molecular formula is C16H23NO2. The summed E-state index contributed by atoms with van der Waals surface area (Å²) in [6.45, 7) is 5.74. The number of piperidine rings is 1. The van der Waals surface area contributed by atoms with Gasteiger partial charge in [0.15, 0.2) is 5.78 Å². The van der Waals surface area contributed by atoms with E-state index in [-0.39, 0.29) is 11.8 Å². The molecule has 0 saturated carbocycles. The van der Waals surface area contributed by atoms with Crippen LogP contribution in [0.25, 0.3) is 0 Å². The molecule has 1 fully saturated rings. The van der Waals surface area contributed by atoms with Gasteiger partial charge in [0.25, 0.3) is 0 Å². The fraction of sp³-hybridized carbons (Fsp3) is 0.562. The van der Waals surface area contributed by atoms with Crippen LogP contribution in [0.5, 0.6) is 5.75 Å². The van der Waals surface area contributed by atoms with Crippen molar-refractivity contribution >= 4 is 5.78 Å². The number of benzene rings is 1. The van der Waals surface area contributed by atoms with Crippen LogP contribution in [0, 0.1) is 6.92 Å². The van der Waals surface area contributed by atoms with E-state index in [9.17, 15) is 4.79 Å². The molecule has 1 unspecified atom stereocenters. The third kappa shape index (κ3) is 3.16. The molecule has 2 rings (SSSR count). The number of hydrogen-bond donors (Lipinski definition) is 0. The largest absolute Gasteiger partial charge is 0.496 e. The quantitative estimate of drug-likeness (QED) is 0.834. The molecule has 0 spiro atoms. The van der Waals surface area contributed by atoms with Crippen molar-refractivity contribution in [2.75, 3.05) is 20.2 Å². The number of carbonyl (C=O) groups excluding carboxylic acids is 1. The van der Waals surface area contributed by atoms with Crippen molar-refractivity contribution in [3.05, 3.63) is 29.3 Å². The average molecular weight is 261 g/mol. The number of likely N-dealkylation sites (tertiary alicyclic amines) is 1. The number of ketones is 1. The zero-order valence-electron chi connectivity index (χ0n) is 12.1. The molecule has 1 aliphatic rings. The van der Waals surface area contributed by atoms with Crippen LogP contribution in [-0.2, 0) is 4.79 Å². The summed E-state index contributed by atoms with van der Waals surface area (Å²) < 4.78 is 5.44. The third-order valence-corrected chi connectivity index (χ3v) is 3.82. The first-order valence-corrected chi connectivity index (χ1v) is 7.02. The number of ether oxygens (including phenoxy) is 1. The number of nitrogens with zero attached hydrogens (tertiary/aromatic N) is 1. The first kappa shape index (κ1) is 14.1. The highest BCUT2D eigenvalue weighted by Crippen LogP contribution is 2.32. The van der Waals surface area contributed by atoms with Crippen LogP contribution >= 0.6 is 0 Å². The van der Waals surface area contributed by atoms with Crippen LogP contribution in [0.15, 0.2) is 18.2 Å². The van der Waals surface area contributed by atoms with Crippen LogP contribution in [0.1, 0.15) is 43.4 Å². The Kier molecular flexibility index (Phi) is 4.59. The predicted molar refractivity (Wildman–Crippen MR) is 76.6 cm³/mol. The highest BCUT2D eigenvalue weighted by molar-refractivity contribution is 5.83. The molecule has 1 aromatic carbocycles. The average Bonchev–Trinajstić information content (AvgIpc) is 2.40. The van der Waals surface area contributed by atoms with Gasteiger partial charge in [0, 0.05) is 5.56 Å². The van der Waals surface area contributed by atoms with Crippen molar-refractivity contribution in [3.63, 3.8) is 0 Å². The Morgan fingerprint density at radius 2 is 1.95 bits per heavy atom. The smallest absolute Gasteiger partial charge is 0.151 e. The Bertz CT molecular complexity index is 450. The van der Waals surface area contributed by atoms with Gasteiger partial charge < -0.3 is 4.74 Å². The van der Waals surface area contributed by atoms with E-state index >= 15 is 0 Å². The summed E-state index contributed by atoms with van der Waals surface area (Å²) in [5.41, 5.74) is 2.18. The van der Waals surface area contributed by atoms with Gasteiger partial charge in [0.2, 0.25) is 0 Å². The van der Waals surface area contributed by atoms with Gasteiger partial charge >= 0.3 is 0 Å². The molecule has 0 radical (unpaired) electrons. The lowest BCUT2D eigenvalue weighted by molar-refractivity contribution is -0.122. The fourth-order valence-electron chi connectivity index (χ4n) is 2.92. The lowest BCUT2D eigenvalue weighted by atomic mass is 9.96. The van der Waals surface area contributed by atoms with E-state index in [1.54, 1.807) is 14.0 Å². The minimum atomic E-state index is -0.157. The van der Waals surface area contributed by atoms with E-state index in [0.29, 0.717) is 0 Å². The second kappa shape index (κ2) is 6.20. The number of rotatable bonds is 4. The summed E-state index contributed by atoms with van der Waals surface area (Å²) in [6.07, 6.45) is 3.63. The molecular weight excluding hydrogens is 238 g/mol. The van der Waals surface area contributed by atoms with Crippen molar-refractivity contribution < 1.29 is 9.53 Å². The van der Waals surface area contributed by atoms with Gasteiger partial charge in [-0.1, -0.05) is 24.1 Å². The first-order chi connectivity index (χ1) is 9.13. The molecule has 19 heavy (non-hydrogen) atoms. The van der Waals surface area contributed by atoms with E-state index in [1.807, 2.05) is 12.1 Å². The van der Waals surface area contributed by atoms with Crippen molar-refractivity contribution in [1.82, 2.24) is 4.90 Å². The highest BCUT2D eigenvalue weighted by atomic mass is 16.5. The number of aryl methyl sites for hydroxylation is 1. The molecule has 1 heterocycles. The Balaban J connectivity index is 2.37. The molecule has 0 aliphatic carbocycles. The summed E-state index contributed by atoms with van der Waals surface area (Å²) in [6, 6.07) is 5.91. The van der Waals surface area contributed by atoms with Crippen molar-refractivity contribution in [3.8, 4) is 5.75 Å². The first-order valence-electron chi connectivity index (χ1n) is 7.02. The van der Waals surface area contributed by atoms with E-state index < -0.39 is 0 Å². The predicted octanol–water partition coefficient (Wildman–Crippen LogP) is 3.12. The van der Waals surface area contributed by atoms with E-state index in [1.165, 1.54) is 24.8 Å². The number of Topliss-reactive ketones (excluding diaryl/α,β-unsaturated/α-hetero) is 1. The minimum Gasteiger partial charge on any atom is -0.496 e. The summed E-state index contributed by atoms with van der Waals surface area (Å²) in [4.78, 5) is 14.4. The molecule has 1 aromatic rings. The van der Waals surface area contributed by atoms with Crippen LogP contribution in [0.4, 0.5) is 0 Å². The Labute approximate surface area is 115 Å². The molecule has 3 nitrogen and oxygen atoms in total. The molecule has 1 atom stereocenters. The van der Waals surface area contributed by atoms with Gasteiger partial charge in [0.05, 0.1) is 13.2 Å². The summed E-state index contributed by atoms with van der Waals surface area (Å²) >= 11 is 0. The maximum absolute atomic E-state index is 12.1. The van der Waals surface area contributed by atoms with Crippen molar-refractivity contribution in [2.45, 2.75) is 39.2 Å². The van der Waals surface area contributed by atoms with E-state index in [4.69, 9.17) is 4.74 Å². The normalized spacial score (nSPS) is 18.1. The number of carbonyl (C=O) groups is 1. The molecule has 1 aliphatic heterocycles. The molecule has 0 aromatic heterocycles. The molecule has 0 amide bonds. The van der Waals surface area contributed by atoms with Crippen LogP contribution in [0.3, 0.4) is 0 Å². The van der Waals surface area contributed by atoms with E-state index in [0.717, 1.165) is 24.4 Å². The SMILES string of the molecule is COc1ccc(C)cc1C(C(C)=O)N1CCCCC1. The second-order valence-corrected chi connectivity index (χ2v) is 5.36. The lowest BCUT2D eigenvalue weighted by Crippen LogP contribution is -2.37. The van der Waals surface area contributed by atoms with Crippen LogP contribution in [0.2, 0.25) is 0 Å². The van der Waals surface area contributed by atoms with E-state index in [2.05, 4.69) is 17.9 Å². The Morgan fingerprint density at radius 3 is 2.53 bits per heavy atom. The van der Waals surface area contributed by atoms with Gasteiger partial charge in [-0.2, -0.15) is 0 Å². The zero-order chi connectivity index (χ0) is 13.8. The maximum atomic E-state index is 12.1. The monoisotopic (exact) mass is 261 g/mol. The summed E-state index contributed by atoms with van der Waals surface area (Å²) in [5.74, 6) is 1.02. The van der Waals surface area contributed by atoms with Gasteiger partial charge in [-0.3, -0.25) is 9.69 Å². The Hall–Kier alpha value is -1.35.